The number of carboxylic acids is 2. The average molecular weight is 645 g/mol. The molecular weight excluding hydrogens is 604 g/mol. The van der Waals surface area contributed by atoms with Crippen molar-refractivity contribution >= 4 is 35.6 Å². The molecule has 0 heterocycles. The molecule has 0 fully saturated rings. The summed E-state index contributed by atoms with van der Waals surface area (Å²) in [5, 5.41) is 47.7. The molecule has 2 aromatic rings. The van der Waals surface area contributed by atoms with Crippen LogP contribution in [0.5, 0.6) is 11.5 Å². The second kappa shape index (κ2) is 18.6. The van der Waals surface area contributed by atoms with Crippen LogP contribution in [0.25, 0.3) is 0 Å². The van der Waals surface area contributed by atoms with Crippen LogP contribution < -0.4 is 32.7 Å². The van der Waals surface area contributed by atoms with Gasteiger partial charge in [-0.1, -0.05) is 24.3 Å². The molecule has 0 bridgehead atoms. The lowest BCUT2D eigenvalue weighted by atomic mass is 10.0. The van der Waals surface area contributed by atoms with Gasteiger partial charge >= 0.3 is 11.9 Å². The van der Waals surface area contributed by atoms with Gasteiger partial charge in [-0.3, -0.25) is 24.0 Å². The molecule has 16 heteroatoms. The number of carbonyl (C=O) groups excluding carboxylic acids is 4. The van der Waals surface area contributed by atoms with E-state index in [2.05, 4.69) is 21.3 Å². The number of unbranched alkanes of at least 4 members (excludes halogenated alkanes) is 1. The maximum Gasteiger partial charge on any atom is 0.326 e. The van der Waals surface area contributed by atoms with Gasteiger partial charge in [0.15, 0.2) is 0 Å². The molecule has 250 valence electrons. The Kier molecular flexibility index (Phi) is 14.9. The highest BCUT2D eigenvalue weighted by molar-refractivity contribution is 5.96. The van der Waals surface area contributed by atoms with E-state index >= 15 is 0 Å². The zero-order valence-corrected chi connectivity index (χ0v) is 25.0. The lowest BCUT2D eigenvalue weighted by molar-refractivity contribution is -0.143. The van der Waals surface area contributed by atoms with Gasteiger partial charge in [-0.2, -0.15) is 0 Å². The van der Waals surface area contributed by atoms with Gasteiger partial charge in [-0.05, 0) is 61.2 Å². The Morgan fingerprint density at radius 1 is 0.609 bits per heavy atom. The van der Waals surface area contributed by atoms with E-state index in [1.807, 2.05) is 0 Å². The minimum Gasteiger partial charge on any atom is -0.508 e. The van der Waals surface area contributed by atoms with Gasteiger partial charge in [0.2, 0.25) is 23.6 Å². The number of carbonyl (C=O) groups is 6. The summed E-state index contributed by atoms with van der Waals surface area (Å²) in [4.78, 5) is 75.5. The van der Waals surface area contributed by atoms with Gasteiger partial charge in [0, 0.05) is 12.8 Å². The Labute approximate surface area is 264 Å². The molecule has 4 amide bonds. The zero-order valence-electron chi connectivity index (χ0n) is 25.0. The number of phenols is 2. The standard InChI is InChI=1S/C30H40N6O10/c31-12-2-1-3-21(27(42)36-24(30(45)46)14-18-6-10-20(38)11-7-18)34-29(44)23(15-26(40)41)35-28(43)22(33-25(39)16-32)13-17-4-8-19(37)9-5-17/h4-11,21-24,37-38H,1-3,12-16,31-32H2,(H,33,39)(H,34,44)(H,35,43)(H,36,42)(H,40,41)(H,45,46)/t21-,22-,23-,24-/m0/s1. The van der Waals surface area contributed by atoms with Crippen LogP contribution in [-0.4, -0.2) is 93.3 Å². The van der Waals surface area contributed by atoms with Crippen molar-refractivity contribution in [3.8, 4) is 11.5 Å². The largest absolute Gasteiger partial charge is 0.508 e. The molecule has 0 aliphatic heterocycles. The summed E-state index contributed by atoms with van der Waals surface area (Å²) in [5.41, 5.74) is 12.0. The minimum atomic E-state index is -1.70. The van der Waals surface area contributed by atoms with E-state index in [4.69, 9.17) is 11.5 Å². The maximum atomic E-state index is 13.3. The van der Waals surface area contributed by atoms with Gasteiger partial charge in [0.25, 0.3) is 0 Å². The first-order chi connectivity index (χ1) is 21.8. The molecule has 16 nitrogen and oxygen atoms in total. The van der Waals surface area contributed by atoms with Gasteiger partial charge < -0.3 is 53.2 Å². The number of benzene rings is 2. The number of nitrogens with two attached hydrogens (primary N) is 2. The van der Waals surface area contributed by atoms with Crippen LogP contribution in [0.3, 0.4) is 0 Å². The fourth-order valence-corrected chi connectivity index (χ4v) is 4.36. The number of hydrogen-bond donors (Lipinski definition) is 10. The highest BCUT2D eigenvalue weighted by atomic mass is 16.4. The molecule has 2 aromatic carbocycles. The Hall–Kier alpha value is -5.22. The van der Waals surface area contributed by atoms with E-state index in [-0.39, 0.29) is 37.3 Å². The zero-order chi connectivity index (χ0) is 34.2. The minimum absolute atomic E-state index is 0.0180. The first-order valence-electron chi connectivity index (χ1n) is 14.4. The Morgan fingerprint density at radius 2 is 1.07 bits per heavy atom. The molecular formula is C30H40N6O10. The molecule has 46 heavy (non-hydrogen) atoms. The van der Waals surface area contributed by atoms with E-state index in [1.54, 1.807) is 0 Å². The lowest BCUT2D eigenvalue weighted by Gasteiger charge is -2.25. The van der Waals surface area contributed by atoms with Crippen molar-refractivity contribution in [2.24, 2.45) is 11.5 Å². The van der Waals surface area contributed by atoms with Gasteiger partial charge in [0.1, 0.15) is 35.7 Å². The summed E-state index contributed by atoms with van der Waals surface area (Å²) < 4.78 is 0. The van der Waals surface area contributed by atoms with E-state index in [9.17, 15) is 49.2 Å². The molecule has 12 N–H and O–H groups in total. The van der Waals surface area contributed by atoms with Crippen LogP contribution in [0.15, 0.2) is 48.5 Å². The van der Waals surface area contributed by atoms with E-state index in [0.29, 0.717) is 24.0 Å². The smallest absolute Gasteiger partial charge is 0.326 e. The summed E-state index contributed by atoms with van der Waals surface area (Å²) in [6.45, 7) is -0.183. The average Bonchev–Trinajstić information content (AvgIpc) is 3.01. The molecule has 0 saturated heterocycles. The van der Waals surface area contributed by atoms with E-state index in [0.717, 1.165) is 0 Å². The second-order valence-corrected chi connectivity index (χ2v) is 10.5. The third-order valence-corrected chi connectivity index (χ3v) is 6.80. The summed E-state index contributed by atoms with van der Waals surface area (Å²) >= 11 is 0. The summed E-state index contributed by atoms with van der Waals surface area (Å²) in [6.07, 6.45) is -0.292. The predicted octanol–water partition coefficient (Wildman–Crippen LogP) is -1.53. The first-order valence-corrected chi connectivity index (χ1v) is 14.4. The van der Waals surface area contributed by atoms with Crippen molar-refractivity contribution in [2.75, 3.05) is 13.1 Å². The third-order valence-electron chi connectivity index (χ3n) is 6.80. The number of phenolic OH excluding ortho intramolecular Hbond substituents is 2. The summed E-state index contributed by atoms with van der Waals surface area (Å²) in [6, 6.07) is 5.72. The highest BCUT2D eigenvalue weighted by Gasteiger charge is 2.32. The molecule has 0 radical (unpaired) electrons. The fraction of sp³-hybridized carbons (Fsp3) is 0.400. The van der Waals surface area contributed by atoms with Crippen LogP contribution in [0.2, 0.25) is 0 Å². The fourth-order valence-electron chi connectivity index (χ4n) is 4.36. The van der Waals surface area contributed by atoms with E-state index < -0.39 is 72.7 Å². The van der Waals surface area contributed by atoms with Crippen LogP contribution in [-0.2, 0) is 41.6 Å². The number of amides is 4. The normalized spacial score (nSPS) is 13.3. The Morgan fingerprint density at radius 3 is 1.54 bits per heavy atom. The third kappa shape index (κ3) is 12.8. The van der Waals surface area contributed by atoms with Crippen LogP contribution in [0.1, 0.15) is 36.8 Å². The van der Waals surface area contributed by atoms with Crippen molar-refractivity contribution < 1.29 is 49.2 Å². The number of hydrogen-bond acceptors (Lipinski definition) is 10. The first kappa shape index (κ1) is 37.0. The molecule has 2 rings (SSSR count). The second-order valence-electron chi connectivity index (χ2n) is 10.5. The Bertz CT molecular complexity index is 1350. The molecule has 0 aliphatic rings. The number of carboxylic acid groups (broad SMARTS) is 2. The summed E-state index contributed by atoms with van der Waals surface area (Å²) in [5.74, 6) is -6.39. The molecule has 0 aliphatic carbocycles. The summed E-state index contributed by atoms with van der Waals surface area (Å²) in [7, 11) is 0. The van der Waals surface area contributed by atoms with Crippen LogP contribution in [0, 0.1) is 0 Å². The van der Waals surface area contributed by atoms with Crippen LogP contribution >= 0.6 is 0 Å². The SMILES string of the molecule is NCCCC[C@H](NC(=O)[C@H](CC(=O)O)NC(=O)[C@H](Cc1ccc(O)cc1)NC(=O)CN)C(=O)N[C@@H](Cc1ccc(O)cc1)C(=O)O. The van der Waals surface area contributed by atoms with Crippen molar-refractivity contribution in [1.29, 1.82) is 0 Å². The topological polar surface area (TPSA) is 284 Å². The molecule has 0 saturated carbocycles. The van der Waals surface area contributed by atoms with Crippen molar-refractivity contribution in [3.63, 3.8) is 0 Å². The predicted molar refractivity (Wildman–Crippen MR) is 163 cm³/mol. The van der Waals surface area contributed by atoms with Crippen molar-refractivity contribution in [1.82, 2.24) is 21.3 Å². The number of rotatable bonds is 19. The maximum absolute atomic E-state index is 13.3. The number of aliphatic carboxylic acids is 2. The molecule has 0 aromatic heterocycles. The lowest BCUT2D eigenvalue weighted by Crippen LogP contribution is -2.58. The molecule has 0 unspecified atom stereocenters. The molecule has 0 spiro atoms. The monoisotopic (exact) mass is 644 g/mol. The number of aromatic hydroxyl groups is 2. The van der Waals surface area contributed by atoms with Crippen molar-refractivity contribution in [3.05, 3.63) is 59.7 Å². The van der Waals surface area contributed by atoms with Gasteiger partial charge in [-0.25, -0.2) is 4.79 Å². The van der Waals surface area contributed by atoms with Crippen molar-refractivity contribution in [2.45, 2.75) is 62.7 Å². The van der Waals surface area contributed by atoms with Crippen LogP contribution in [0.4, 0.5) is 0 Å². The highest BCUT2D eigenvalue weighted by Crippen LogP contribution is 2.13. The quantitative estimate of drug-likeness (QED) is 0.0780. The van der Waals surface area contributed by atoms with Gasteiger partial charge in [0.05, 0.1) is 13.0 Å². The number of nitrogens with one attached hydrogen (secondary N) is 4. The van der Waals surface area contributed by atoms with Gasteiger partial charge in [-0.15, -0.1) is 0 Å². The Balaban J connectivity index is 2.24. The van der Waals surface area contributed by atoms with E-state index in [1.165, 1.54) is 48.5 Å². The molecule has 4 atom stereocenters.